The smallest absolute Gasteiger partial charge is 0.346 e. The van der Waals surface area contributed by atoms with Gasteiger partial charge in [0.25, 0.3) is 0 Å². The fraction of sp³-hybridized carbons (Fsp3) is 0.500. The molecule has 5 heavy (non-hydrogen) atoms. The minimum absolute atomic E-state index is 0. The normalized spacial score (nSPS) is 2.40. The minimum atomic E-state index is 0. The van der Waals surface area contributed by atoms with Crippen LogP contribution in [0.3, 0.4) is 0 Å². The van der Waals surface area contributed by atoms with Crippen molar-refractivity contribution in [1.29, 1.82) is 0 Å². The van der Waals surface area contributed by atoms with Gasteiger partial charge in [0.05, 0.1) is 0 Å². The first-order valence-electron chi connectivity index (χ1n) is 1.41. The SMILES string of the molecule is [CH2-]C.[CH2-]C.[Cd+2]. The van der Waals surface area contributed by atoms with Gasteiger partial charge in [0.2, 0.25) is 0 Å². The Labute approximate surface area is 55.1 Å². The average Bonchev–Trinajstić information content (AvgIpc) is 1.50. The summed E-state index contributed by atoms with van der Waals surface area (Å²) >= 11 is 0. The van der Waals surface area contributed by atoms with Gasteiger partial charge >= 0.3 is 27.3 Å². The van der Waals surface area contributed by atoms with E-state index in [0.717, 1.165) is 0 Å². The third-order valence-corrected chi connectivity index (χ3v) is 0. The van der Waals surface area contributed by atoms with Gasteiger partial charge in [-0.2, -0.15) is 13.8 Å². The first-order chi connectivity index (χ1) is 2.00. The molecule has 0 amide bonds. The molecule has 0 spiro atoms. The van der Waals surface area contributed by atoms with Crippen molar-refractivity contribution in [2.24, 2.45) is 0 Å². The zero-order valence-electron chi connectivity index (χ0n) is 4.12. The van der Waals surface area contributed by atoms with E-state index in [0.29, 0.717) is 0 Å². The molecule has 0 saturated heterocycles. The van der Waals surface area contributed by atoms with Crippen molar-refractivity contribution in [3.05, 3.63) is 13.8 Å². The van der Waals surface area contributed by atoms with E-state index in [1.807, 2.05) is 0 Å². The van der Waals surface area contributed by atoms with E-state index in [1.165, 1.54) is 0 Å². The summed E-state index contributed by atoms with van der Waals surface area (Å²) in [7, 11) is 0. The van der Waals surface area contributed by atoms with Crippen LogP contribution in [0, 0.1) is 13.8 Å². The van der Waals surface area contributed by atoms with Crippen LogP contribution in [-0.2, 0) is 27.3 Å². The van der Waals surface area contributed by atoms with E-state index in [1.54, 1.807) is 13.8 Å². The molecule has 0 radical (unpaired) electrons. The Morgan fingerprint density at radius 2 is 0.800 bits per heavy atom. The zero-order valence-corrected chi connectivity index (χ0v) is 8.16. The van der Waals surface area contributed by atoms with Crippen molar-refractivity contribution >= 4 is 0 Å². The van der Waals surface area contributed by atoms with Crippen molar-refractivity contribution in [3.63, 3.8) is 0 Å². The molecule has 0 aliphatic heterocycles. The summed E-state index contributed by atoms with van der Waals surface area (Å²) in [6.45, 7) is 10.0. The molecule has 0 bridgehead atoms. The molecule has 0 aliphatic carbocycles. The summed E-state index contributed by atoms with van der Waals surface area (Å²) in [5, 5.41) is 0. The van der Waals surface area contributed by atoms with E-state index < -0.39 is 0 Å². The minimum Gasteiger partial charge on any atom is -0.346 e. The van der Waals surface area contributed by atoms with Crippen LogP contribution in [0.2, 0.25) is 0 Å². The molecule has 0 N–H and O–H groups in total. The number of hydrogen-bond donors (Lipinski definition) is 0. The molecule has 0 aromatic carbocycles. The maximum Gasteiger partial charge on any atom is 2.00 e. The summed E-state index contributed by atoms with van der Waals surface area (Å²) < 4.78 is 0. The van der Waals surface area contributed by atoms with Crippen LogP contribution in [0.5, 0.6) is 0 Å². The molecule has 28 valence electrons. The van der Waals surface area contributed by atoms with Crippen molar-refractivity contribution < 1.29 is 27.3 Å². The molecule has 0 rings (SSSR count). The predicted octanol–water partition coefficient (Wildman–Crippen LogP) is 1.68. The van der Waals surface area contributed by atoms with E-state index in [-0.39, 0.29) is 27.3 Å². The summed E-state index contributed by atoms with van der Waals surface area (Å²) in [5.74, 6) is 0. The van der Waals surface area contributed by atoms with Gasteiger partial charge in [-0.15, -0.1) is 0 Å². The molecular weight excluding hydrogens is 160 g/mol. The Bertz CT molecular complexity index is 3.61. The molecule has 0 saturated carbocycles. The van der Waals surface area contributed by atoms with Gasteiger partial charge in [-0.05, 0) is 0 Å². The topological polar surface area (TPSA) is 0 Å². The third-order valence-electron chi connectivity index (χ3n) is 0. The van der Waals surface area contributed by atoms with Crippen LogP contribution in [0.25, 0.3) is 0 Å². The fourth-order valence-electron chi connectivity index (χ4n) is 0. The summed E-state index contributed by atoms with van der Waals surface area (Å²) in [6, 6.07) is 0. The van der Waals surface area contributed by atoms with Crippen molar-refractivity contribution in [1.82, 2.24) is 0 Å². The average molecular weight is 171 g/mol. The van der Waals surface area contributed by atoms with Gasteiger partial charge in [-0.1, -0.05) is 0 Å². The molecule has 0 aromatic heterocycles. The maximum absolute atomic E-state index is 3.25. The molecule has 1 heteroatoms. The standard InChI is InChI=1S/2C2H5.Cd/c2*1-2;/h2*1H2,2H3;/q2*-1;+2. The second kappa shape index (κ2) is 89.1. The van der Waals surface area contributed by atoms with Gasteiger partial charge in [-0.25, -0.2) is 0 Å². The van der Waals surface area contributed by atoms with Gasteiger partial charge in [0.1, 0.15) is 0 Å². The molecule has 0 aromatic rings. The largest absolute Gasteiger partial charge is 2.00 e. The van der Waals surface area contributed by atoms with Crippen LogP contribution in [0.15, 0.2) is 0 Å². The Morgan fingerprint density at radius 1 is 0.800 bits per heavy atom. The number of hydrogen-bond acceptors (Lipinski definition) is 0. The monoisotopic (exact) mass is 172 g/mol. The summed E-state index contributed by atoms with van der Waals surface area (Å²) in [4.78, 5) is 0. The Hall–Kier alpha value is 0.922. The van der Waals surface area contributed by atoms with Crippen LogP contribution in [-0.4, -0.2) is 0 Å². The quantitative estimate of drug-likeness (QED) is 0.383. The van der Waals surface area contributed by atoms with Crippen LogP contribution in [0.4, 0.5) is 0 Å². The molecule has 0 atom stereocenters. The molecule has 0 nitrogen and oxygen atoms in total. The van der Waals surface area contributed by atoms with E-state index in [9.17, 15) is 0 Å². The Kier molecular flexibility index (Phi) is 299. The van der Waals surface area contributed by atoms with Crippen molar-refractivity contribution in [3.8, 4) is 0 Å². The first-order valence-corrected chi connectivity index (χ1v) is 1.41. The van der Waals surface area contributed by atoms with Crippen LogP contribution in [0.1, 0.15) is 13.8 Å². The van der Waals surface area contributed by atoms with Gasteiger partial charge in [0, 0.05) is 0 Å². The molecule has 0 unspecified atom stereocenters. The molecule has 0 aliphatic rings. The van der Waals surface area contributed by atoms with Gasteiger partial charge in [-0.3, -0.25) is 0 Å². The van der Waals surface area contributed by atoms with Crippen LogP contribution < -0.4 is 0 Å². The van der Waals surface area contributed by atoms with E-state index >= 15 is 0 Å². The van der Waals surface area contributed by atoms with Gasteiger partial charge in [0.15, 0.2) is 0 Å². The third kappa shape index (κ3) is 49.4. The van der Waals surface area contributed by atoms with Crippen molar-refractivity contribution in [2.45, 2.75) is 13.8 Å². The Morgan fingerprint density at radius 3 is 0.800 bits per heavy atom. The molecular formula is C4H10Cd. The second-order valence-corrected chi connectivity index (χ2v) is 0. The fourth-order valence-corrected chi connectivity index (χ4v) is 0. The first kappa shape index (κ1) is 16.8. The van der Waals surface area contributed by atoms with Crippen molar-refractivity contribution in [2.75, 3.05) is 0 Å². The second-order valence-electron chi connectivity index (χ2n) is 0. The number of rotatable bonds is 0. The maximum atomic E-state index is 3.25. The van der Waals surface area contributed by atoms with E-state index in [4.69, 9.17) is 0 Å². The predicted molar refractivity (Wildman–Crippen MR) is 22.1 cm³/mol. The summed E-state index contributed by atoms with van der Waals surface area (Å²) in [5.41, 5.74) is 0. The molecule has 0 heterocycles. The van der Waals surface area contributed by atoms with E-state index in [2.05, 4.69) is 13.8 Å². The van der Waals surface area contributed by atoms with Crippen LogP contribution >= 0.6 is 0 Å². The summed E-state index contributed by atoms with van der Waals surface area (Å²) in [6.07, 6.45) is 0. The van der Waals surface area contributed by atoms with Gasteiger partial charge < -0.3 is 13.8 Å². The zero-order chi connectivity index (χ0) is 4.00. The Balaban J connectivity index is -0.0000000133. The molecule has 0 fully saturated rings.